The number of para-hydroxylation sites is 1. The number of amides is 1. The Morgan fingerprint density at radius 3 is 2.83 bits per heavy atom. The van der Waals surface area contributed by atoms with Gasteiger partial charge in [-0.15, -0.1) is 0 Å². The number of H-pyrrole nitrogens is 1. The van der Waals surface area contributed by atoms with E-state index in [9.17, 15) is 9.18 Å². The van der Waals surface area contributed by atoms with Gasteiger partial charge < -0.3 is 15.0 Å². The zero-order chi connectivity index (χ0) is 16.9. The number of ether oxygens (including phenoxy) is 1. The van der Waals surface area contributed by atoms with E-state index in [1.807, 2.05) is 13.0 Å². The molecule has 1 aliphatic rings. The molecule has 7 heteroatoms. The first-order chi connectivity index (χ1) is 11.6. The Morgan fingerprint density at radius 2 is 2.17 bits per heavy atom. The minimum absolute atomic E-state index is 0.0939. The van der Waals surface area contributed by atoms with Crippen molar-refractivity contribution in [2.45, 2.75) is 25.8 Å². The molecule has 24 heavy (non-hydrogen) atoms. The Kier molecular flexibility index (Phi) is 4.98. The Bertz CT molecular complexity index is 695. The summed E-state index contributed by atoms with van der Waals surface area (Å²) in [7, 11) is 0. The van der Waals surface area contributed by atoms with E-state index in [2.05, 4.69) is 20.4 Å². The van der Waals surface area contributed by atoms with Crippen LogP contribution in [-0.4, -0.2) is 41.8 Å². The van der Waals surface area contributed by atoms with E-state index in [1.165, 1.54) is 12.1 Å². The van der Waals surface area contributed by atoms with Gasteiger partial charge in [0.25, 0.3) is 5.91 Å². The van der Waals surface area contributed by atoms with Crippen molar-refractivity contribution in [2.24, 2.45) is 0 Å². The summed E-state index contributed by atoms with van der Waals surface area (Å²) < 4.78 is 18.7. The van der Waals surface area contributed by atoms with Gasteiger partial charge in [-0.1, -0.05) is 12.1 Å². The summed E-state index contributed by atoms with van der Waals surface area (Å²) in [6.07, 6.45) is 1.69. The van der Waals surface area contributed by atoms with Crippen LogP contribution in [0.3, 0.4) is 0 Å². The van der Waals surface area contributed by atoms with Crippen LogP contribution in [0.1, 0.15) is 18.5 Å². The first-order valence-electron chi connectivity index (χ1n) is 8.05. The number of aryl methyl sites for hydroxylation is 1. The molecule has 0 spiro atoms. The lowest BCUT2D eigenvalue weighted by Gasteiger charge is -2.32. The molecule has 0 aliphatic carbocycles. The monoisotopic (exact) mass is 332 g/mol. The summed E-state index contributed by atoms with van der Waals surface area (Å²) >= 11 is 0. The normalized spacial score (nSPS) is 15.3. The summed E-state index contributed by atoms with van der Waals surface area (Å²) in [5.41, 5.74) is 1.03. The average molecular weight is 332 g/mol. The summed E-state index contributed by atoms with van der Waals surface area (Å²) in [5.74, 6) is 0.344. The molecule has 1 saturated heterocycles. The number of halogens is 1. The van der Waals surface area contributed by atoms with Crippen LogP contribution in [-0.2, 0) is 4.79 Å². The molecule has 0 bridgehead atoms. The van der Waals surface area contributed by atoms with Crippen LogP contribution in [0.25, 0.3) is 0 Å². The fourth-order valence-electron chi connectivity index (χ4n) is 2.79. The number of aromatic nitrogens is 2. The molecule has 1 aliphatic heterocycles. The molecule has 0 saturated carbocycles. The summed E-state index contributed by atoms with van der Waals surface area (Å²) in [4.78, 5) is 14.2. The fraction of sp³-hybridized carbons (Fsp3) is 0.412. The molecule has 2 N–H and O–H groups in total. The smallest absolute Gasteiger partial charge is 0.258 e. The third-order valence-electron chi connectivity index (χ3n) is 4.07. The Labute approximate surface area is 140 Å². The second kappa shape index (κ2) is 7.33. The molecule has 128 valence electrons. The van der Waals surface area contributed by atoms with Crippen molar-refractivity contribution < 1.29 is 13.9 Å². The Balaban J connectivity index is 1.42. The number of anilines is 1. The fourth-order valence-corrected chi connectivity index (χ4v) is 2.79. The largest absolute Gasteiger partial charge is 0.481 e. The number of hydrogen-bond acceptors (Lipinski definition) is 4. The van der Waals surface area contributed by atoms with Crippen molar-refractivity contribution in [3.63, 3.8) is 0 Å². The molecular weight excluding hydrogens is 311 g/mol. The van der Waals surface area contributed by atoms with Gasteiger partial charge in [0.15, 0.2) is 24.0 Å². The predicted molar refractivity (Wildman–Crippen MR) is 88.6 cm³/mol. The number of benzene rings is 1. The third-order valence-corrected chi connectivity index (χ3v) is 4.07. The summed E-state index contributed by atoms with van der Waals surface area (Å²) in [6.45, 7) is 3.46. The Hall–Kier alpha value is -2.57. The molecule has 0 radical (unpaired) electrons. The lowest BCUT2D eigenvalue weighted by Crippen LogP contribution is -2.46. The van der Waals surface area contributed by atoms with Crippen LogP contribution in [0.2, 0.25) is 0 Å². The van der Waals surface area contributed by atoms with Gasteiger partial charge in [-0.05, 0) is 31.9 Å². The quantitative estimate of drug-likeness (QED) is 0.879. The molecule has 2 heterocycles. The topological polar surface area (TPSA) is 70.2 Å². The first kappa shape index (κ1) is 16.3. The Morgan fingerprint density at radius 1 is 1.42 bits per heavy atom. The number of piperidine rings is 1. The van der Waals surface area contributed by atoms with Crippen molar-refractivity contribution in [3.05, 3.63) is 41.8 Å². The highest BCUT2D eigenvalue weighted by Crippen LogP contribution is 2.18. The number of carbonyl (C=O) groups is 1. The van der Waals surface area contributed by atoms with Crippen LogP contribution >= 0.6 is 0 Å². The average Bonchev–Trinajstić information content (AvgIpc) is 3.01. The molecule has 0 atom stereocenters. The maximum Gasteiger partial charge on any atom is 0.258 e. The van der Waals surface area contributed by atoms with Crippen LogP contribution in [0.15, 0.2) is 30.3 Å². The highest BCUT2D eigenvalue weighted by molar-refractivity contribution is 5.77. The molecule has 1 amide bonds. The molecule has 6 nitrogen and oxygen atoms in total. The lowest BCUT2D eigenvalue weighted by atomic mass is 10.1. The summed E-state index contributed by atoms with van der Waals surface area (Å²) in [5, 5.41) is 10.1. The van der Waals surface area contributed by atoms with E-state index >= 15 is 0 Å². The van der Waals surface area contributed by atoms with Gasteiger partial charge in [0, 0.05) is 30.9 Å². The van der Waals surface area contributed by atoms with Gasteiger partial charge in [-0.2, -0.15) is 5.10 Å². The standard InChI is InChI=1S/C17H21FN4O2/c1-12-10-16(21-20-12)22-8-6-13(7-9-22)19-17(23)11-24-15-5-3-2-4-14(15)18/h2-5,10,13H,6-9,11H2,1H3,(H,19,23)(H,20,21). The molecule has 1 aromatic carbocycles. The number of rotatable bonds is 5. The van der Waals surface area contributed by atoms with E-state index < -0.39 is 5.82 Å². The summed E-state index contributed by atoms with van der Waals surface area (Å²) in [6, 6.07) is 8.19. The maximum absolute atomic E-state index is 13.4. The van der Waals surface area contributed by atoms with Gasteiger partial charge in [-0.25, -0.2) is 4.39 Å². The maximum atomic E-state index is 13.4. The predicted octanol–water partition coefficient (Wildman–Crippen LogP) is 2.02. The van der Waals surface area contributed by atoms with Crippen LogP contribution in [0.5, 0.6) is 5.75 Å². The van der Waals surface area contributed by atoms with Gasteiger partial charge >= 0.3 is 0 Å². The highest BCUT2D eigenvalue weighted by Gasteiger charge is 2.22. The number of aromatic amines is 1. The van der Waals surface area contributed by atoms with Gasteiger partial charge in [-0.3, -0.25) is 9.89 Å². The lowest BCUT2D eigenvalue weighted by molar-refractivity contribution is -0.124. The minimum Gasteiger partial charge on any atom is -0.481 e. The van der Waals surface area contributed by atoms with Crippen molar-refractivity contribution in [1.29, 1.82) is 0 Å². The van der Waals surface area contributed by atoms with E-state index in [0.29, 0.717) is 0 Å². The zero-order valence-corrected chi connectivity index (χ0v) is 13.6. The third kappa shape index (κ3) is 4.04. The number of carbonyl (C=O) groups excluding carboxylic acids is 1. The number of nitrogens with zero attached hydrogens (tertiary/aromatic N) is 2. The van der Waals surface area contributed by atoms with Crippen molar-refractivity contribution in [2.75, 3.05) is 24.6 Å². The molecular formula is C17H21FN4O2. The van der Waals surface area contributed by atoms with Gasteiger partial charge in [0.2, 0.25) is 0 Å². The van der Waals surface area contributed by atoms with E-state index in [-0.39, 0.29) is 24.3 Å². The van der Waals surface area contributed by atoms with Crippen LogP contribution in [0, 0.1) is 12.7 Å². The second-order valence-electron chi connectivity index (χ2n) is 5.96. The van der Waals surface area contributed by atoms with E-state index in [1.54, 1.807) is 12.1 Å². The van der Waals surface area contributed by atoms with Crippen LogP contribution in [0.4, 0.5) is 10.2 Å². The molecule has 1 fully saturated rings. The van der Waals surface area contributed by atoms with Crippen LogP contribution < -0.4 is 15.0 Å². The SMILES string of the molecule is Cc1cc(N2CCC(NC(=O)COc3ccccc3F)CC2)n[nH]1. The first-order valence-corrected chi connectivity index (χ1v) is 8.05. The van der Waals surface area contributed by atoms with Gasteiger partial charge in [0.05, 0.1) is 0 Å². The van der Waals surface area contributed by atoms with E-state index in [4.69, 9.17) is 4.74 Å². The van der Waals surface area contributed by atoms with Crippen molar-refractivity contribution >= 4 is 11.7 Å². The minimum atomic E-state index is -0.465. The van der Waals surface area contributed by atoms with E-state index in [0.717, 1.165) is 37.4 Å². The molecule has 0 unspecified atom stereocenters. The molecule has 2 aromatic rings. The molecule has 1 aromatic heterocycles. The second-order valence-corrected chi connectivity index (χ2v) is 5.96. The number of nitrogens with one attached hydrogen (secondary N) is 2. The van der Waals surface area contributed by atoms with Gasteiger partial charge in [0.1, 0.15) is 0 Å². The number of hydrogen-bond donors (Lipinski definition) is 2. The van der Waals surface area contributed by atoms with Crippen molar-refractivity contribution in [1.82, 2.24) is 15.5 Å². The zero-order valence-electron chi connectivity index (χ0n) is 13.6. The van der Waals surface area contributed by atoms with Crippen molar-refractivity contribution in [3.8, 4) is 5.75 Å². The highest BCUT2D eigenvalue weighted by atomic mass is 19.1. The molecule has 3 rings (SSSR count).